The average molecular weight is 440 g/mol. The van der Waals surface area contributed by atoms with Gasteiger partial charge in [-0.05, 0) is 69.2 Å². The maximum atomic E-state index is 13.4. The van der Waals surface area contributed by atoms with E-state index in [1.807, 2.05) is 24.3 Å². The second kappa shape index (κ2) is 9.34. The highest BCUT2D eigenvalue weighted by Crippen LogP contribution is 2.51. The van der Waals surface area contributed by atoms with Crippen molar-refractivity contribution < 1.29 is 14.4 Å². The Labute approximate surface area is 191 Å². The van der Waals surface area contributed by atoms with Crippen LogP contribution in [-0.4, -0.2) is 49.3 Å². The fraction of sp³-hybridized carbons (Fsp3) is 0.654. The second-order valence-corrected chi connectivity index (χ2v) is 10.0. The van der Waals surface area contributed by atoms with Gasteiger partial charge < -0.3 is 15.0 Å². The van der Waals surface area contributed by atoms with Crippen molar-refractivity contribution in [2.75, 3.05) is 31.1 Å². The van der Waals surface area contributed by atoms with Gasteiger partial charge in [0, 0.05) is 18.5 Å². The zero-order chi connectivity index (χ0) is 22.8. The molecule has 1 saturated carbocycles. The molecule has 1 aromatic carbocycles. The van der Waals surface area contributed by atoms with Crippen molar-refractivity contribution >= 4 is 23.9 Å². The molecule has 2 heterocycles. The Kier molecular flexibility index (Phi) is 6.70. The predicted molar refractivity (Wildman–Crippen MR) is 126 cm³/mol. The molecule has 174 valence electrons. The summed E-state index contributed by atoms with van der Waals surface area (Å²) in [5.74, 6) is 0.352. The molecule has 2 aliphatic heterocycles. The van der Waals surface area contributed by atoms with Gasteiger partial charge in [0.15, 0.2) is 0 Å². The molecule has 0 radical (unpaired) electrons. The molecule has 0 aromatic heterocycles. The van der Waals surface area contributed by atoms with E-state index in [0.717, 1.165) is 88.5 Å². The van der Waals surface area contributed by atoms with Crippen molar-refractivity contribution in [1.82, 2.24) is 10.2 Å². The molecule has 1 saturated heterocycles. The Morgan fingerprint density at radius 1 is 1.16 bits per heavy atom. The SMILES string of the molecule is CCC(C=O)(CC)CN1CCC(CNC(=O)N2C(=O)C3(CCCC3)c3ccccc32)CC1. The molecule has 0 atom stereocenters. The number of anilines is 1. The highest BCUT2D eigenvalue weighted by Gasteiger charge is 2.53. The molecule has 1 aromatic rings. The lowest BCUT2D eigenvalue weighted by Gasteiger charge is -2.37. The van der Waals surface area contributed by atoms with Crippen LogP contribution in [0.1, 0.15) is 70.8 Å². The van der Waals surface area contributed by atoms with E-state index >= 15 is 0 Å². The van der Waals surface area contributed by atoms with E-state index in [4.69, 9.17) is 0 Å². The lowest BCUT2D eigenvalue weighted by Crippen LogP contribution is -2.49. The molecule has 0 bridgehead atoms. The van der Waals surface area contributed by atoms with Crippen LogP contribution in [0.4, 0.5) is 10.5 Å². The molecule has 32 heavy (non-hydrogen) atoms. The van der Waals surface area contributed by atoms with Gasteiger partial charge in [-0.25, -0.2) is 9.69 Å². The van der Waals surface area contributed by atoms with Crippen LogP contribution in [0, 0.1) is 11.3 Å². The molecule has 2 fully saturated rings. The van der Waals surface area contributed by atoms with Gasteiger partial charge >= 0.3 is 6.03 Å². The first kappa shape index (κ1) is 23.0. The number of hydrogen-bond donors (Lipinski definition) is 1. The van der Waals surface area contributed by atoms with Crippen LogP contribution in [-0.2, 0) is 15.0 Å². The Morgan fingerprint density at radius 3 is 2.44 bits per heavy atom. The topological polar surface area (TPSA) is 69.7 Å². The monoisotopic (exact) mass is 439 g/mol. The zero-order valence-electron chi connectivity index (χ0n) is 19.6. The zero-order valence-corrected chi connectivity index (χ0v) is 19.6. The number of fused-ring (bicyclic) bond motifs is 2. The number of piperidine rings is 1. The number of carbonyl (C=O) groups excluding carboxylic acids is 3. The molecule has 3 amide bonds. The lowest BCUT2D eigenvalue weighted by molar-refractivity contribution is -0.122. The Morgan fingerprint density at radius 2 is 1.81 bits per heavy atom. The van der Waals surface area contributed by atoms with Crippen molar-refractivity contribution in [2.24, 2.45) is 11.3 Å². The smallest absolute Gasteiger partial charge is 0.328 e. The first-order chi connectivity index (χ1) is 15.5. The number of nitrogens with one attached hydrogen (secondary N) is 1. The van der Waals surface area contributed by atoms with E-state index in [-0.39, 0.29) is 17.4 Å². The molecule has 1 aliphatic carbocycles. The van der Waals surface area contributed by atoms with E-state index in [1.54, 1.807) is 0 Å². The maximum absolute atomic E-state index is 13.4. The largest absolute Gasteiger partial charge is 0.337 e. The minimum atomic E-state index is -0.497. The normalized spacial score (nSPS) is 21.2. The fourth-order valence-electron chi connectivity index (χ4n) is 5.96. The average Bonchev–Trinajstić information content (AvgIpc) is 3.42. The first-order valence-electron chi connectivity index (χ1n) is 12.4. The molecule has 6 nitrogen and oxygen atoms in total. The van der Waals surface area contributed by atoms with Gasteiger partial charge in [0.25, 0.3) is 0 Å². The summed E-state index contributed by atoms with van der Waals surface area (Å²) in [5.41, 5.74) is 1.05. The molecular formula is C26H37N3O3. The van der Waals surface area contributed by atoms with Gasteiger partial charge in [-0.2, -0.15) is 0 Å². The van der Waals surface area contributed by atoms with Gasteiger partial charge in [0.05, 0.1) is 11.1 Å². The molecule has 1 N–H and O–H groups in total. The molecule has 6 heteroatoms. The number of para-hydroxylation sites is 1. The number of carbonyl (C=O) groups is 3. The third kappa shape index (κ3) is 3.98. The Bertz CT molecular complexity index is 850. The summed E-state index contributed by atoms with van der Waals surface area (Å²) in [5, 5.41) is 3.06. The third-order valence-electron chi connectivity index (χ3n) is 8.38. The van der Waals surface area contributed by atoms with Crippen molar-refractivity contribution in [2.45, 2.75) is 70.6 Å². The van der Waals surface area contributed by atoms with Crippen LogP contribution in [0.5, 0.6) is 0 Å². The minimum absolute atomic E-state index is 0.0483. The van der Waals surface area contributed by atoms with E-state index in [0.29, 0.717) is 12.5 Å². The summed E-state index contributed by atoms with van der Waals surface area (Å²) in [6.45, 7) is 7.49. The molecule has 1 spiro atoms. The van der Waals surface area contributed by atoms with Crippen LogP contribution in [0.25, 0.3) is 0 Å². The van der Waals surface area contributed by atoms with Gasteiger partial charge in [-0.3, -0.25) is 4.79 Å². The number of imide groups is 1. The number of benzene rings is 1. The Balaban J connectivity index is 1.33. The number of urea groups is 1. The van der Waals surface area contributed by atoms with Crippen molar-refractivity contribution in [3.8, 4) is 0 Å². The number of aldehydes is 1. The van der Waals surface area contributed by atoms with E-state index < -0.39 is 5.41 Å². The summed E-state index contributed by atoms with van der Waals surface area (Å²) >= 11 is 0. The number of rotatable bonds is 7. The summed E-state index contributed by atoms with van der Waals surface area (Å²) in [4.78, 5) is 41.9. The molecule has 4 rings (SSSR count). The number of likely N-dealkylation sites (tertiary alicyclic amines) is 1. The highest BCUT2D eigenvalue weighted by molar-refractivity contribution is 6.22. The van der Waals surface area contributed by atoms with E-state index in [9.17, 15) is 14.4 Å². The summed E-state index contributed by atoms with van der Waals surface area (Å²) < 4.78 is 0. The maximum Gasteiger partial charge on any atom is 0.328 e. The molecular weight excluding hydrogens is 402 g/mol. The minimum Gasteiger partial charge on any atom is -0.337 e. The quantitative estimate of drug-likeness (QED) is 0.644. The van der Waals surface area contributed by atoms with Crippen molar-refractivity contribution in [3.05, 3.63) is 29.8 Å². The predicted octanol–water partition coefficient (Wildman–Crippen LogP) is 4.27. The number of amides is 3. The van der Waals surface area contributed by atoms with Crippen LogP contribution >= 0.6 is 0 Å². The lowest BCUT2D eigenvalue weighted by atomic mass is 9.80. The standard InChI is InChI=1S/C26H37N3O3/c1-3-25(4-2,19-30)18-28-15-11-20(12-16-28)17-27-24(32)29-22-10-6-5-9-21(22)26(23(29)31)13-7-8-14-26/h5-6,9-10,19-20H,3-4,7-8,11-18H2,1-2H3,(H,27,32). The van der Waals surface area contributed by atoms with Crippen LogP contribution in [0.2, 0.25) is 0 Å². The molecule has 0 unspecified atom stereocenters. The van der Waals surface area contributed by atoms with Gasteiger partial charge in [0.2, 0.25) is 5.91 Å². The number of hydrogen-bond acceptors (Lipinski definition) is 4. The summed E-state index contributed by atoms with van der Waals surface area (Å²) in [6, 6.07) is 7.51. The van der Waals surface area contributed by atoms with E-state index in [1.165, 1.54) is 4.90 Å². The van der Waals surface area contributed by atoms with Gasteiger partial charge in [0.1, 0.15) is 6.29 Å². The first-order valence-corrected chi connectivity index (χ1v) is 12.4. The summed E-state index contributed by atoms with van der Waals surface area (Å²) in [6.07, 6.45) is 8.62. The second-order valence-electron chi connectivity index (χ2n) is 10.0. The van der Waals surface area contributed by atoms with E-state index in [2.05, 4.69) is 24.1 Å². The number of nitrogens with zero attached hydrogens (tertiary/aromatic N) is 2. The van der Waals surface area contributed by atoms with Gasteiger partial charge in [-0.1, -0.05) is 44.9 Å². The third-order valence-corrected chi connectivity index (χ3v) is 8.38. The Hall–Kier alpha value is -2.21. The molecule has 3 aliphatic rings. The van der Waals surface area contributed by atoms with Gasteiger partial charge in [-0.15, -0.1) is 0 Å². The highest BCUT2D eigenvalue weighted by atomic mass is 16.2. The van der Waals surface area contributed by atoms with Crippen molar-refractivity contribution in [3.63, 3.8) is 0 Å². The van der Waals surface area contributed by atoms with Crippen molar-refractivity contribution in [1.29, 1.82) is 0 Å². The van der Waals surface area contributed by atoms with Crippen LogP contribution < -0.4 is 10.2 Å². The summed E-state index contributed by atoms with van der Waals surface area (Å²) in [7, 11) is 0. The van der Waals surface area contributed by atoms with Crippen LogP contribution in [0.15, 0.2) is 24.3 Å². The van der Waals surface area contributed by atoms with Crippen LogP contribution in [0.3, 0.4) is 0 Å². The fourth-order valence-corrected chi connectivity index (χ4v) is 5.96.